The third-order valence-electron chi connectivity index (χ3n) is 6.05. The summed E-state index contributed by atoms with van der Waals surface area (Å²) in [7, 11) is 0. The number of amides is 4. The molecule has 2 aromatic carbocycles. The van der Waals surface area contributed by atoms with Crippen LogP contribution in [-0.4, -0.2) is 41.2 Å². The molecule has 8 nitrogen and oxygen atoms in total. The van der Waals surface area contributed by atoms with Gasteiger partial charge in [0.15, 0.2) is 0 Å². The lowest BCUT2D eigenvalue weighted by molar-refractivity contribution is -0.137. The molecule has 3 aliphatic heterocycles. The minimum absolute atomic E-state index is 0.0435. The predicted octanol–water partition coefficient (Wildman–Crippen LogP) is 1.68. The molecule has 0 radical (unpaired) electrons. The summed E-state index contributed by atoms with van der Waals surface area (Å²) in [6.07, 6.45) is 1.98. The lowest BCUT2D eigenvalue weighted by Gasteiger charge is -2.29. The van der Waals surface area contributed by atoms with Gasteiger partial charge in [0.05, 0.1) is 11.1 Å². The molecule has 5 rings (SSSR count). The summed E-state index contributed by atoms with van der Waals surface area (Å²) in [5, 5.41) is 5.08. The SMILES string of the molecule is O=C1CCC(N2Cc3cc(CNC(=O)C4=Cc5c(F)cccc5OC4)ccc3C2=O)C(=O)N1. The summed E-state index contributed by atoms with van der Waals surface area (Å²) in [5.41, 5.74) is 2.60. The van der Waals surface area contributed by atoms with Gasteiger partial charge in [-0.2, -0.15) is 0 Å². The predicted molar refractivity (Wildman–Crippen MR) is 114 cm³/mol. The molecule has 168 valence electrons. The number of nitrogens with zero attached hydrogens (tertiary/aromatic N) is 1. The first-order valence-electron chi connectivity index (χ1n) is 10.6. The van der Waals surface area contributed by atoms with E-state index >= 15 is 0 Å². The second kappa shape index (κ2) is 8.16. The molecule has 33 heavy (non-hydrogen) atoms. The molecule has 2 aromatic rings. The molecule has 0 aromatic heterocycles. The van der Waals surface area contributed by atoms with Gasteiger partial charge in [-0.05, 0) is 41.8 Å². The number of hydrogen-bond acceptors (Lipinski definition) is 5. The van der Waals surface area contributed by atoms with E-state index in [4.69, 9.17) is 4.74 Å². The third kappa shape index (κ3) is 3.86. The maximum Gasteiger partial charge on any atom is 0.255 e. The highest BCUT2D eigenvalue weighted by Crippen LogP contribution is 2.29. The van der Waals surface area contributed by atoms with E-state index < -0.39 is 17.8 Å². The van der Waals surface area contributed by atoms with E-state index in [0.29, 0.717) is 23.3 Å². The number of imide groups is 1. The van der Waals surface area contributed by atoms with Crippen molar-refractivity contribution in [2.24, 2.45) is 0 Å². The Morgan fingerprint density at radius 1 is 1.21 bits per heavy atom. The average molecular weight is 449 g/mol. The van der Waals surface area contributed by atoms with Crippen molar-refractivity contribution in [1.29, 1.82) is 0 Å². The van der Waals surface area contributed by atoms with E-state index in [1.807, 2.05) is 6.07 Å². The van der Waals surface area contributed by atoms with Gasteiger partial charge < -0.3 is 15.0 Å². The first-order chi connectivity index (χ1) is 15.9. The van der Waals surface area contributed by atoms with Crippen molar-refractivity contribution in [3.8, 4) is 5.75 Å². The van der Waals surface area contributed by atoms with E-state index in [1.165, 1.54) is 17.0 Å². The van der Waals surface area contributed by atoms with Crippen LogP contribution in [-0.2, 0) is 27.5 Å². The van der Waals surface area contributed by atoms with E-state index in [9.17, 15) is 23.6 Å². The lowest BCUT2D eigenvalue weighted by atomic mass is 10.0. The molecule has 0 spiro atoms. The summed E-state index contributed by atoms with van der Waals surface area (Å²) < 4.78 is 19.5. The van der Waals surface area contributed by atoms with Crippen LogP contribution in [0.3, 0.4) is 0 Å². The van der Waals surface area contributed by atoms with Crippen LogP contribution in [0.5, 0.6) is 5.75 Å². The van der Waals surface area contributed by atoms with Gasteiger partial charge in [0.2, 0.25) is 11.8 Å². The number of ether oxygens (including phenoxy) is 1. The Morgan fingerprint density at radius 2 is 2.06 bits per heavy atom. The minimum Gasteiger partial charge on any atom is -0.488 e. The largest absolute Gasteiger partial charge is 0.488 e. The van der Waals surface area contributed by atoms with Crippen molar-refractivity contribution >= 4 is 29.7 Å². The Labute approximate surface area is 188 Å². The van der Waals surface area contributed by atoms with Crippen LogP contribution in [0, 0.1) is 5.82 Å². The summed E-state index contributed by atoms with van der Waals surface area (Å²) in [4.78, 5) is 50.4. The molecule has 9 heteroatoms. The molecule has 0 saturated carbocycles. The fraction of sp³-hybridized carbons (Fsp3) is 0.250. The van der Waals surface area contributed by atoms with E-state index in [2.05, 4.69) is 10.6 Å². The standard InChI is InChI=1S/C24H20FN3O5/c25-18-2-1-3-20-17(18)9-15(12-33-20)22(30)26-10-13-4-5-16-14(8-13)11-28(24(16)32)19-6-7-21(29)27-23(19)31/h1-5,8-9,19H,6-7,10-12H2,(H,26,30)(H,27,29,31). The highest BCUT2D eigenvalue weighted by Gasteiger charge is 2.39. The monoisotopic (exact) mass is 449 g/mol. The summed E-state index contributed by atoms with van der Waals surface area (Å²) in [6.45, 7) is 0.513. The molecule has 0 aliphatic carbocycles. The van der Waals surface area contributed by atoms with Crippen LogP contribution in [0.1, 0.15) is 39.9 Å². The number of rotatable bonds is 4. The van der Waals surface area contributed by atoms with Crippen molar-refractivity contribution in [3.05, 3.63) is 70.0 Å². The second-order valence-corrected chi connectivity index (χ2v) is 8.18. The normalized spacial score (nSPS) is 19.3. The number of nitrogens with one attached hydrogen (secondary N) is 2. The topological polar surface area (TPSA) is 105 Å². The number of carbonyl (C=O) groups excluding carboxylic acids is 4. The second-order valence-electron chi connectivity index (χ2n) is 8.18. The molecular weight excluding hydrogens is 429 g/mol. The molecule has 0 bridgehead atoms. The van der Waals surface area contributed by atoms with E-state index in [-0.39, 0.29) is 49.4 Å². The fourth-order valence-corrected chi connectivity index (χ4v) is 4.32. The number of fused-ring (bicyclic) bond motifs is 2. The summed E-state index contributed by atoms with van der Waals surface area (Å²) >= 11 is 0. The highest BCUT2D eigenvalue weighted by atomic mass is 19.1. The quantitative estimate of drug-likeness (QED) is 0.692. The van der Waals surface area contributed by atoms with Crippen LogP contribution in [0.4, 0.5) is 4.39 Å². The zero-order chi connectivity index (χ0) is 23.1. The number of halogens is 1. The van der Waals surface area contributed by atoms with Crippen molar-refractivity contribution in [1.82, 2.24) is 15.5 Å². The molecule has 3 heterocycles. The molecule has 1 atom stereocenters. The Bertz CT molecular complexity index is 1240. The van der Waals surface area contributed by atoms with Crippen molar-refractivity contribution in [2.45, 2.75) is 32.0 Å². The number of carbonyl (C=O) groups is 4. The molecule has 1 saturated heterocycles. The van der Waals surface area contributed by atoms with Crippen molar-refractivity contribution < 1.29 is 28.3 Å². The van der Waals surface area contributed by atoms with Crippen LogP contribution >= 0.6 is 0 Å². The Balaban J connectivity index is 1.26. The van der Waals surface area contributed by atoms with Gasteiger partial charge in [-0.25, -0.2) is 4.39 Å². The van der Waals surface area contributed by atoms with E-state index in [1.54, 1.807) is 24.3 Å². The molecule has 2 N–H and O–H groups in total. The Morgan fingerprint density at radius 3 is 2.88 bits per heavy atom. The summed E-state index contributed by atoms with van der Waals surface area (Å²) in [5.74, 6) is -1.47. The Kier molecular flexibility index (Phi) is 5.16. The van der Waals surface area contributed by atoms with Gasteiger partial charge in [0.1, 0.15) is 24.2 Å². The van der Waals surface area contributed by atoms with Crippen molar-refractivity contribution in [2.75, 3.05) is 6.61 Å². The number of benzene rings is 2. The summed E-state index contributed by atoms with van der Waals surface area (Å²) in [6, 6.07) is 9.07. The maximum atomic E-state index is 14.0. The van der Waals surface area contributed by atoms with Gasteiger partial charge in [-0.1, -0.05) is 18.2 Å². The molecule has 4 amide bonds. The van der Waals surface area contributed by atoms with E-state index in [0.717, 1.165) is 11.1 Å². The van der Waals surface area contributed by atoms with Crippen LogP contribution in [0.2, 0.25) is 0 Å². The van der Waals surface area contributed by atoms with Gasteiger partial charge in [0, 0.05) is 25.1 Å². The van der Waals surface area contributed by atoms with Gasteiger partial charge >= 0.3 is 0 Å². The van der Waals surface area contributed by atoms with Crippen LogP contribution in [0.25, 0.3) is 6.08 Å². The van der Waals surface area contributed by atoms with Crippen LogP contribution in [0.15, 0.2) is 42.0 Å². The highest BCUT2D eigenvalue weighted by molar-refractivity contribution is 6.05. The molecule has 1 fully saturated rings. The molecule has 3 aliphatic rings. The zero-order valence-electron chi connectivity index (χ0n) is 17.5. The average Bonchev–Trinajstić information content (AvgIpc) is 3.13. The van der Waals surface area contributed by atoms with Gasteiger partial charge in [0.25, 0.3) is 11.8 Å². The first kappa shape index (κ1) is 20.9. The third-order valence-corrected chi connectivity index (χ3v) is 6.05. The smallest absolute Gasteiger partial charge is 0.255 e. The van der Waals surface area contributed by atoms with Crippen LogP contribution < -0.4 is 15.4 Å². The van der Waals surface area contributed by atoms with Crippen molar-refractivity contribution in [3.63, 3.8) is 0 Å². The zero-order valence-corrected chi connectivity index (χ0v) is 17.5. The fourth-order valence-electron chi connectivity index (χ4n) is 4.32. The lowest BCUT2D eigenvalue weighted by Crippen LogP contribution is -2.52. The molecular formula is C24H20FN3O5. The first-order valence-corrected chi connectivity index (χ1v) is 10.6. The number of piperidine rings is 1. The number of hydrogen-bond donors (Lipinski definition) is 2. The minimum atomic E-state index is -0.674. The maximum absolute atomic E-state index is 14.0. The van der Waals surface area contributed by atoms with Gasteiger partial charge in [-0.15, -0.1) is 0 Å². The van der Waals surface area contributed by atoms with Gasteiger partial charge in [-0.3, -0.25) is 24.5 Å². The Hall–Kier alpha value is -4.01. The molecule has 1 unspecified atom stereocenters.